The van der Waals surface area contributed by atoms with Crippen LogP contribution in [-0.4, -0.2) is 29.0 Å². The molecule has 1 fully saturated rings. The molecule has 3 N–H and O–H groups in total. The summed E-state index contributed by atoms with van der Waals surface area (Å²) in [4.78, 5) is 20.2. The molecule has 0 aliphatic carbocycles. The van der Waals surface area contributed by atoms with E-state index in [0.717, 1.165) is 36.5 Å². The lowest BCUT2D eigenvalue weighted by Crippen LogP contribution is -2.28. The third kappa shape index (κ3) is 3.08. The van der Waals surface area contributed by atoms with Gasteiger partial charge >= 0.3 is 0 Å². The van der Waals surface area contributed by atoms with Gasteiger partial charge in [-0.1, -0.05) is 12.1 Å². The molecule has 1 amide bonds. The van der Waals surface area contributed by atoms with Gasteiger partial charge < -0.3 is 11.1 Å². The first-order valence-corrected chi connectivity index (χ1v) is 7.17. The van der Waals surface area contributed by atoms with Gasteiger partial charge in [0.05, 0.1) is 17.6 Å². The predicted molar refractivity (Wildman–Crippen MR) is 80.8 cm³/mol. The number of carbonyl (C=O) groups excluding carboxylic acids is 1. The van der Waals surface area contributed by atoms with E-state index in [1.807, 2.05) is 12.3 Å². The number of nitrogens with two attached hydrogens (primary N) is 1. The third-order valence-electron chi connectivity index (χ3n) is 3.83. The second kappa shape index (κ2) is 6.01. The van der Waals surface area contributed by atoms with Gasteiger partial charge in [0, 0.05) is 29.8 Å². The molecule has 0 bridgehead atoms. The molecule has 3 rings (SSSR count). The maximum absolute atomic E-state index is 11.2. The first kappa shape index (κ1) is 13.7. The molecular weight excluding hydrogens is 264 g/mol. The molecule has 1 aromatic carbocycles. The smallest absolute Gasteiger partial charge is 0.248 e. The van der Waals surface area contributed by atoms with Gasteiger partial charge in [0.2, 0.25) is 5.91 Å². The molecule has 1 aromatic heterocycles. The molecule has 2 heterocycles. The summed E-state index contributed by atoms with van der Waals surface area (Å²) in [7, 11) is 0. The second-order valence-corrected chi connectivity index (χ2v) is 5.31. The summed E-state index contributed by atoms with van der Waals surface area (Å²) in [6.07, 6.45) is 5.93. The average molecular weight is 282 g/mol. The van der Waals surface area contributed by atoms with Crippen LogP contribution in [0.3, 0.4) is 0 Å². The van der Waals surface area contributed by atoms with Gasteiger partial charge in [0.15, 0.2) is 0 Å². The van der Waals surface area contributed by atoms with Gasteiger partial charge in [-0.05, 0) is 31.5 Å². The molecule has 1 unspecified atom stereocenters. The van der Waals surface area contributed by atoms with Crippen molar-refractivity contribution in [1.82, 2.24) is 15.3 Å². The summed E-state index contributed by atoms with van der Waals surface area (Å²) < 4.78 is 0. The Kier molecular flexibility index (Phi) is 3.92. The van der Waals surface area contributed by atoms with Crippen molar-refractivity contribution in [2.24, 2.45) is 5.73 Å². The predicted octanol–water partition coefficient (Wildman–Crippen LogP) is 1.71. The van der Waals surface area contributed by atoms with Crippen molar-refractivity contribution in [2.75, 3.05) is 13.1 Å². The lowest BCUT2D eigenvalue weighted by molar-refractivity contribution is 0.100. The zero-order valence-corrected chi connectivity index (χ0v) is 11.7. The maximum Gasteiger partial charge on any atom is 0.248 e. The highest BCUT2D eigenvalue weighted by molar-refractivity contribution is 5.93. The number of hydrogen-bond acceptors (Lipinski definition) is 4. The van der Waals surface area contributed by atoms with E-state index in [4.69, 9.17) is 5.73 Å². The number of benzene rings is 1. The Labute approximate surface area is 123 Å². The Morgan fingerprint density at radius 2 is 2.19 bits per heavy atom. The largest absolute Gasteiger partial charge is 0.366 e. The lowest BCUT2D eigenvalue weighted by Gasteiger charge is -2.21. The minimum absolute atomic E-state index is 0.435. The zero-order valence-electron chi connectivity index (χ0n) is 11.7. The molecule has 5 heteroatoms. The second-order valence-electron chi connectivity index (χ2n) is 5.31. The van der Waals surface area contributed by atoms with Crippen molar-refractivity contribution in [2.45, 2.75) is 18.8 Å². The lowest BCUT2D eigenvalue weighted by atomic mass is 9.96. The average Bonchev–Trinajstić information content (AvgIpc) is 2.56. The molecule has 1 aliphatic heterocycles. The van der Waals surface area contributed by atoms with E-state index < -0.39 is 5.91 Å². The molecule has 21 heavy (non-hydrogen) atoms. The molecule has 1 aliphatic rings. The summed E-state index contributed by atoms with van der Waals surface area (Å²) in [6.45, 7) is 2.05. The molecule has 0 radical (unpaired) electrons. The van der Waals surface area contributed by atoms with E-state index >= 15 is 0 Å². The van der Waals surface area contributed by atoms with Crippen molar-refractivity contribution in [3.8, 4) is 11.3 Å². The molecule has 0 saturated carbocycles. The molecular formula is C16H18N4O. The number of aromatic nitrogens is 2. The van der Waals surface area contributed by atoms with E-state index in [2.05, 4.69) is 15.3 Å². The van der Waals surface area contributed by atoms with E-state index in [9.17, 15) is 4.79 Å². The van der Waals surface area contributed by atoms with Crippen molar-refractivity contribution < 1.29 is 4.79 Å². The fourth-order valence-electron chi connectivity index (χ4n) is 2.63. The standard InChI is InChI=1S/C16H18N4O/c17-16(21)12-4-1-3-11(7-12)14-9-20-15(10-19-14)13-5-2-6-18-8-13/h1,3-4,7,9-10,13,18H,2,5-6,8H2,(H2,17,21). The number of carbonyl (C=O) groups is 1. The van der Waals surface area contributed by atoms with E-state index in [-0.39, 0.29) is 0 Å². The van der Waals surface area contributed by atoms with Crippen LogP contribution in [0.15, 0.2) is 36.7 Å². The van der Waals surface area contributed by atoms with Crippen molar-refractivity contribution in [3.05, 3.63) is 47.9 Å². The van der Waals surface area contributed by atoms with Crippen LogP contribution >= 0.6 is 0 Å². The monoisotopic (exact) mass is 282 g/mol. The Morgan fingerprint density at radius 3 is 2.86 bits per heavy atom. The van der Waals surface area contributed by atoms with Crippen LogP contribution in [0.5, 0.6) is 0 Å². The number of rotatable bonds is 3. The highest BCUT2D eigenvalue weighted by Gasteiger charge is 2.16. The number of nitrogens with one attached hydrogen (secondary N) is 1. The normalized spacial score (nSPS) is 18.4. The quantitative estimate of drug-likeness (QED) is 0.898. The molecule has 2 aromatic rings. The summed E-state index contributed by atoms with van der Waals surface area (Å²) in [5.74, 6) is 0.00645. The van der Waals surface area contributed by atoms with Crippen LogP contribution in [0.25, 0.3) is 11.3 Å². The summed E-state index contributed by atoms with van der Waals surface area (Å²) in [6, 6.07) is 7.14. The summed E-state index contributed by atoms with van der Waals surface area (Å²) in [5, 5.41) is 3.38. The Bertz CT molecular complexity index is 633. The van der Waals surface area contributed by atoms with E-state index in [0.29, 0.717) is 11.5 Å². The van der Waals surface area contributed by atoms with Gasteiger partial charge in [-0.25, -0.2) is 0 Å². The van der Waals surface area contributed by atoms with Gasteiger partial charge in [0.25, 0.3) is 0 Å². The van der Waals surface area contributed by atoms with Crippen LogP contribution < -0.4 is 11.1 Å². The van der Waals surface area contributed by atoms with E-state index in [1.54, 1.807) is 24.4 Å². The minimum Gasteiger partial charge on any atom is -0.366 e. The fourth-order valence-corrected chi connectivity index (χ4v) is 2.63. The summed E-state index contributed by atoms with van der Waals surface area (Å²) in [5.41, 5.74) is 8.42. The zero-order chi connectivity index (χ0) is 14.7. The summed E-state index contributed by atoms with van der Waals surface area (Å²) >= 11 is 0. The first-order valence-electron chi connectivity index (χ1n) is 7.17. The Hall–Kier alpha value is -2.27. The molecule has 108 valence electrons. The molecule has 1 saturated heterocycles. The SMILES string of the molecule is NC(=O)c1cccc(-c2cnc(C3CCCNC3)cn2)c1. The van der Waals surface area contributed by atoms with Crippen LogP contribution in [0.2, 0.25) is 0 Å². The van der Waals surface area contributed by atoms with Gasteiger partial charge in [-0.2, -0.15) is 0 Å². The van der Waals surface area contributed by atoms with Crippen LogP contribution in [0.1, 0.15) is 34.8 Å². The van der Waals surface area contributed by atoms with Crippen molar-refractivity contribution in [1.29, 1.82) is 0 Å². The highest BCUT2D eigenvalue weighted by Crippen LogP contribution is 2.23. The number of piperidine rings is 1. The Balaban J connectivity index is 1.83. The van der Waals surface area contributed by atoms with Gasteiger partial charge in [-0.15, -0.1) is 0 Å². The molecule has 1 atom stereocenters. The molecule has 0 spiro atoms. The fraction of sp³-hybridized carbons (Fsp3) is 0.312. The maximum atomic E-state index is 11.2. The van der Waals surface area contributed by atoms with E-state index in [1.165, 1.54) is 6.42 Å². The number of hydrogen-bond donors (Lipinski definition) is 2. The van der Waals surface area contributed by atoms with Crippen molar-refractivity contribution >= 4 is 5.91 Å². The highest BCUT2D eigenvalue weighted by atomic mass is 16.1. The van der Waals surface area contributed by atoms with Crippen LogP contribution in [0, 0.1) is 0 Å². The number of nitrogens with zero attached hydrogens (tertiary/aromatic N) is 2. The van der Waals surface area contributed by atoms with Gasteiger partial charge in [-0.3, -0.25) is 14.8 Å². The van der Waals surface area contributed by atoms with Crippen LogP contribution in [0.4, 0.5) is 0 Å². The molecule has 5 nitrogen and oxygen atoms in total. The Morgan fingerprint density at radius 1 is 1.29 bits per heavy atom. The topological polar surface area (TPSA) is 80.9 Å². The number of amides is 1. The first-order chi connectivity index (χ1) is 10.2. The van der Waals surface area contributed by atoms with Crippen molar-refractivity contribution in [3.63, 3.8) is 0 Å². The minimum atomic E-state index is -0.435. The third-order valence-corrected chi connectivity index (χ3v) is 3.83. The van der Waals surface area contributed by atoms with Crippen LogP contribution in [-0.2, 0) is 0 Å². The number of primary amides is 1. The van der Waals surface area contributed by atoms with Gasteiger partial charge in [0.1, 0.15) is 0 Å².